The first kappa shape index (κ1) is 12.8. The summed E-state index contributed by atoms with van der Waals surface area (Å²) in [4.78, 5) is 0. The maximum atomic E-state index is 12.6. The van der Waals surface area contributed by atoms with Gasteiger partial charge in [0.1, 0.15) is 12.4 Å². The van der Waals surface area contributed by atoms with Gasteiger partial charge in [0.2, 0.25) is 0 Å². The lowest BCUT2D eigenvalue weighted by atomic mass is 10.1. The van der Waals surface area contributed by atoms with Crippen LogP contribution in [0.4, 0.5) is 13.2 Å². The van der Waals surface area contributed by atoms with E-state index in [0.717, 1.165) is 6.07 Å². The van der Waals surface area contributed by atoms with Crippen LogP contribution in [-0.2, 0) is 12.6 Å². The number of benzene rings is 1. The monoisotopic (exact) mass is 234 g/mol. The molecule has 90 valence electrons. The third kappa shape index (κ3) is 3.13. The van der Waals surface area contributed by atoms with E-state index in [1.165, 1.54) is 6.07 Å². The van der Waals surface area contributed by atoms with E-state index in [0.29, 0.717) is 12.0 Å². The molecule has 0 spiro atoms. The molecular formula is C11H13F3O2. The van der Waals surface area contributed by atoms with Crippen LogP contribution in [0.5, 0.6) is 5.75 Å². The number of alkyl halides is 3. The van der Waals surface area contributed by atoms with Crippen LogP contribution in [-0.4, -0.2) is 18.3 Å². The molecule has 1 aromatic carbocycles. The minimum Gasteiger partial charge on any atom is -0.491 e. The van der Waals surface area contributed by atoms with Gasteiger partial charge in [0, 0.05) is 0 Å². The fraction of sp³-hybridized carbons (Fsp3) is 0.455. The first-order valence-corrected chi connectivity index (χ1v) is 4.92. The predicted molar refractivity (Wildman–Crippen MR) is 53.4 cm³/mol. The maximum Gasteiger partial charge on any atom is 0.419 e. The summed E-state index contributed by atoms with van der Waals surface area (Å²) in [6, 6.07) is 3.95. The van der Waals surface area contributed by atoms with Crippen LogP contribution in [0.15, 0.2) is 18.2 Å². The number of ether oxygens (including phenoxy) is 1. The van der Waals surface area contributed by atoms with Crippen molar-refractivity contribution in [3.63, 3.8) is 0 Å². The SMILES string of the molecule is CCc1ccc(OCCO)c(C(F)(F)F)c1. The summed E-state index contributed by atoms with van der Waals surface area (Å²) in [5.41, 5.74) is -0.191. The van der Waals surface area contributed by atoms with Crippen molar-refractivity contribution in [3.8, 4) is 5.75 Å². The molecule has 0 saturated heterocycles. The van der Waals surface area contributed by atoms with Crippen molar-refractivity contribution < 1.29 is 23.0 Å². The van der Waals surface area contributed by atoms with Gasteiger partial charge >= 0.3 is 6.18 Å². The predicted octanol–water partition coefficient (Wildman–Crippen LogP) is 2.64. The summed E-state index contributed by atoms with van der Waals surface area (Å²) in [6.45, 7) is 1.32. The Morgan fingerprint density at radius 3 is 2.50 bits per heavy atom. The van der Waals surface area contributed by atoms with E-state index in [2.05, 4.69) is 0 Å². The van der Waals surface area contributed by atoms with Crippen LogP contribution in [0.2, 0.25) is 0 Å². The molecule has 1 aromatic rings. The highest BCUT2D eigenvalue weighted by atomic mass is 19.4. The van der Waals surface area contributed by atoms with E-state index in [4.69, 9.17) is 9.84 Å². The quantitative estimate of drug-likeness (QED) is 0.867. The molecule has 0 saturated carbocycles. The molecule has 0 aliphatic carbocycles. The summed E-state index contributed by atoms with van der Waals surface area (Å²) >= 11 is 0. The molecule has 0 atom stereocenters. The Hall–Kier alpha value is -1.23. The molecule has 0 fully saturated rings. The van der Waals surface area contributed by atoms with Gasteiger partial charge in [-0.2, -0.15) is 13.2 Å². The maximum absolute atomic E-state index is 12.6. The first-order chi connectivity index (χ1) is 7.49. The Balaban J connectivity index is 3.06. The normalized spacial score (nSPS) is 11.6. The molecule has 5 heteroatoms. The van der Waals surface area contributed by atoms with E-state index < -0.39 is 11.7 Å². The lowest BCUT2D eigenvalue weighted by molar-refractivity contribution is -0.139. The minimum atomic E-state index is -4.43. The van der Waals surface area contributed by atoms with Crippen LogP contribution >= 0.6 is 0 Å². The van der Waals surface area contributed by atoms with Gasteiger partial charge in [0.05, 0.1) is 12.2 Å². The Morgan fingerprint density at radius 1 is 1.31 bits per heavy atom. The third-order valence-electron chi connectivity index (χ3n) is 2.11. The van der Waals surface area contributed by atoms with Crippen molar-refractivity contribution in [1.29, 1.82) is 0 Å². The largest absolute Gasteiger partial charge is 0.491 e. The van der Waals surface area contributed by atoms with Gasteiger partial charge in [-0.1, -0.05) is 13.0 Å². The molecule has 0 bridgehead atoms. The Morgan fingerprint density at radius 2 is 2.00 bits per heavy atom. The molecule has 16 heavy (non-hydrogen) atoms. The average Bonchev–Trinajstić information content (AvgIpc) is 2.25. The van der Waals surface area contributed by atoms with Gasteiger partial charge in [-0.15, -0.1) is 0 Å². The number of hydrogen-bond acceptors (Lipinski definition) is 2. The smallest absolute Gasteiger partial charge is 0.419 e. The summed E-state index contributed by atoms with van der Waals surface area (Å²) in [7, 11) is 0. The van der Waals surface area contributed by atoms with Crippen LogP contribution < -0.4 is 4.74 Å². The molecule has 2 nitrogen and oxygen atoms in total. The number of aryl methyl sites for hydroxylation is 1. The highest BCUT2D eigenvalue weighted by molar-refractivity contribution is 5.39. The van der Waals surface area contributed by atoms with Crippen molar-refractivity contribution in [2.24, 2.45) is 0 Å². The molecular weight excluding hydrogens is 221 g/mol. The van der Waals surface area contributed by atoms with Gasteiger partial charge in [-0.25, -0.2) is 0 Å². The van der Waals surface area contributed by atoms with Crippen molar-refractivity contribution in [1.82, 2.24) is 0 Å². The van der Waals surface area contributed by atoms with E-state index in [-0.39, 0.29) is 19.0 Å². The van der Waals surface area contributed by atoms with Crippen LogP contribution in [0.3, 0.4) is 0 Å². The van der Waals surface area contributed by atoms with E-state index in [1.54, 1.807) is 13.0 Å². The highest BCUT2D eigenvalue weighted by Crippen LogP contribution is 2.36. The Bertz CT molecular complexity index is 348. The minimum absolute atomic E-state index is 0.144. The molecule has 0 radical (unpaired) electrons. The number of rotatable bonds is 4. The summed E-state index contributed by atoms with van der Waals surface area (Å²) < 4.78 is 42.8. The van der Waals surface area contributed by atoms with Gasteiger partial charge < -0.3 is 9.84 Å². The number of aliphatic hydroxyl groups is 1. The van der Waals surface area contributed by atoms with E-state index >= 15 is 0 Å². The second-order valence-electron chi connectivity index (χ2n) is 3.25. The molecule has 0 unspecified atom stereocenters. The fourth-order valence-electron chi connectivity index (χ4n) is 1.30. The van der Waals surface area contributed by atoms with Crippen molar-refractivity contribution >= 4 is 0 Å². The van der Waals surface area contributed by atoms with E-state index in [1.807, 2.05) is 0 Å². The third-order valence-corrected chi connectivity index (χ3v) is 2.11. The Labute approximate surface area is 91.7 Å². The summed E-state index contributed by atoms with van der Waals surface area (Å²) in [5.74, 6) is -0.237. The van der Waals surface area contributed by atoms with Crippen molar-refractivity contribution in [2.45, 2.75) is 19.5 Å². The van der Waals surface area contributed by atoms with Gasteiger partial charge in [0.15, 0.2) is 0 Å². The van der Waals surface area contributed by atoms with Gasteiger partial charge in [-0.05, 0) is 24.1 Å². The molecule has 1 rings (SSSR count). The number of halogens is 3. The van der Waals surface area contributed by atoms with Crippen molar-refractivity contribution in [2.75, 3.05) is 13.2 Å². The lowest BCUT2D eigenvalue weighted by Gasteiger charge is -2.14. The van der Waals surface area contributed by atoms with Crippen molar-refractivity contribution in [3.05, 3.63) is 29.3 Å². The molecule has 1 N–H and O–H groups in total. The second-order valence-corrected chi connectivity index (χ2v) is 3.25. The Kier molecular flexibility index (Phi) is 4.18. The summed E-state index contributed by atoms with van der Waals surface area (Å²) in [5, 5.41) is 8.52. The fourth-order valence-corrected chi connectivity index (χ4v) is 1.30. The topological polar surface area (TPSA) is 29.5 Å². The first-order valence-electron chi connectivity index (χ1n) is 4.92. The zero-order valence-electron chi connectivity index (χ0n) is 8.84. The van der Waals surface area contributed by atoms with Gasteiger partial charge in [0.25, 0.3) is 0 Å². The molecule has 0 amide bonds. The molecule has 0 heterocycles. The zero-order chi connectivity index (χ0) is 12.2. The summed E-state index contributed by atoms with van der Waals surface area (Å²) in [6.07, 6.45) is -3.90. The number of aliphatic hydroxyl groups excluding tert-OH is 1. The molecule has 0 aliphatic heterocycles. The number of hydrogen-bond donors (Lipinski definition) is 1. The van der Waals surface area contributed by atoms with Crippen LogP contribution in [0.1, 0.15) is 18.1 Å². The second kappa shape index (κ2) is 5.21. The lowest BCUT2D eigenvalue weighted by Crippen LogP contribution is -2.11. The van der Waals surface area contributed by atoms with Crippen LogP contribution in [0.25, 0.3) is 0 Å². The highest BCUT2D eigenvalue weighted by Gasteiger charge is 2.34. The molecule has 0 aromatic heterocycles. The van der Waals surface area contributed by atoms with Gasteiger partial charge in [-0.3, -0.25) is 0 Å². The van der Waals surface area contributed by atoms with E-state index in [9.17, 15) is 13.2 Å². The van der Waals surface area contributed by atoms with Crippen LogP contribution in [0, 0.1) is 0 Å². The standard InChI is InChI=1S/C11H13F3O2/c1-2-8-3-4-10(16-6-5-15)9(7-8)11(12,13)14/h3-4,7,15H,2,5-6H2,1H3. The average molecular weight is 234 g/mol. The zero-order valence-corrected chi connectivity index (χ0v) is 8.84. The molecule has 0 aliphatic rings.